The van der Waals surface area contributed by atoms with E-state index in [-0.39, 0.29) is 12.3 Å². The molecule has 1 aliphatic carbocycles. The van der Waals surface area contributed by atoms with Crippen LogP contribution in [0.1, 0.15) is 39.0 Å². The molecule has 1 saturated carbocycles. The molecule has 0 spiro atoms. The number of rotatable bonds is 6. The Morgan fingerprint density at radius 2 is 2.00 bits per heavy atom. The third-order valence-electron chi connectivity index (χ3n) is 3.07. The molecule has 1 amide bonds. The van der Waals surface area contributed by atoms with Crippen LogP contribution in [0.5, 0.6) is 0 Å². The maximum absolute atomic E-state index is 11.7. The zero-order chi connectivity index (χ0) is 11.5. The number of amides is 1. The summed E-state index contributed by atoms with van der Waals surface area (Å²) in [5.74, 6) is -0.858. The number of carbonyl (C=O) groups is 2. The van der Waals surface area contributed by atoms with Crippen LogP contribution in [0.4, 0.5) is 0 Å². The highest BCUT2D eigenvalue weighted by Gasteiger charge is 2.51. The van der Waals surface area contributed by atoms with Gasteiger partial charge in [-0.2, -0.15) is 0 Å². The van der Waals surface area contributed by atoms with Gasteiger partial charge in [0.2, 0.25) is 5.91 Å². The van der Waals surface area contributed by atoms with E-state index in [1.54, 1.807) is 11.9 Å². The van der Waals surface area contributed by atoms with Gasteiger partial charge in [-0.3, -0.25) is 9.59 Å². The molecule has 4 heteroatoms. The van der Waals surface area contributed by atoms with Crippen LogP contribution in [0, 0.1) is 5.41 Å². The molecule has 0 atom stereocenters. The van der Waals surface area contributed by atoms with Gasteiger partial charge in [-0.1, -0.05) is 13.3 Å². The SMILES string of the molecule is CCCCN(C)C(=O)CC1(C(=O)O)CC1. The molecule has 0 bridgehead atoms. The molecule has 0 radical (unpaired) electrons. The lowest BCUT2D eigenvalue weighted by molar-refractivity contribution is -0.147. The standard InChI is InChI=1S/C11H19NO3/c1-3-4-7-12(2)9(13)8-11(5-6-11)10(14)15/h3-8H2,1-2H3,(H,14,15). The Morgan fingerprint density at radius 3 is 2.40 bits per heavy atom. The summed E-state index contributed by atoms with van der Waals surface area (Å²) in [4.78, 5) is 24.2. The first-order chi connectivity index (χ1) is 7.02. The highest BCUT2D eigenvalue weighted by molar-refractivity contribution is 5.86. The Hall–Kier alpha value is -1.06. The van der Waals surface area contributed by atoms with Crippen LogP contribution in [-0.2, 0) is 9.59 Å². The topological polar surface area (TPSA) is 57.6 Å². The summed E-state index contributed by atoms with van der Waals surface area (Å²) in [6.07, 6.45) is 3.48. The average Bonchev–Trinajstić information content (AvgIpc) is 2.95. The highest BCUT2D eigenvalue weighted by Crippen LogP contribution is 2.49. The number of unbranched alkanes of at least 4 members (excludes halogenated alkanes) is 1. The second-order valence-electron chi connectivity index (χ2n) is 4.43. The van der Waals surface area contributed by atoms with Crippen molar-refractivity contribution < 1.29 is 14.7 Å². The number of carboxylic acid groups (broad SMARTS) is 1. The first-order valence-corrected chi connectivity index (χ1v) is 5.49. The predicted molar refractivity (Wildman–Crippen MR) is 56.5 cm³/mol. The quantitative estimate of drug-likeness (QED) is 0.727. The number of aliphatic carboxylic acids is 1. The van der Waals surface area contributed by atoms with Crippen LogP contribution in [0.2, 0.25) is 0 Å². The molecule has 0 heterocycles. The van der Waals surface area contributed by atoms with E-state index in [9.17, 15) is 9.59 Å². The summed E-state index contributed by atoms with van der Waals surface area (Å²) in [6, 6.07) is 0. The first-order valence-electron chi connectivity index (χ1n) is 5.49. The summed E-state index contributed by atoms with van der Waals surface area (Å²) < 4.78 is 0. The zero-order valence-corrected chi connectivity index (χ0v) is 9.45. The van der Waals surface area contributed by atoms with Gasteiger partial charge in [-0.05, 0) is 19.3 Å². The maximum atomic E-state index is 11.7. The molecule has 0 aromatic rings. The van der Waals surface area contributed by atoms with E-state index >= 15 is 0 Å². The lowest BCUT2D eigenvalue weighted by atomic mass is 10.0. The van der Waals surface area contributed by atoms with E-state index in [0.29, 0.717) is 12.8 Å². The van der Waals surface area contributed by atoms with Gasteiger partial charge in [-0.25, -0.2) is 0 Å². The minimum Gasteiger partial charge on any atom is -0.481 e. The van der Waals surface area contributed by atoms with Crippen LogP contribution in [0.15, 0.2) is 0 Å². The van der Waals surface area contributed by atoms with Crippen molar-refractivity contribution >= 4 is 11.9 Å². The number of carboxylic acids is 1. The van der Waals surface area contributed by atoms with E-state index in [4.69, 9.17) is 5.11 Å². The summed E-state index contributed by atoms with van der Waals surface area (Å²) in [5, 5.41) is 8.94. The van der Waals surface area contributed by atoms with Gasteiger partial charge < -0.3 is 10.0 Å². The Morgan fingerprint density at radius 1 is 1.40 bits per heavy atom. The number of hydrogen-bond donors (Lipinski definition) is 1. The van der Waals surface area contributed by atoms with E-state index in [0.717, 1.165) is 19.4 Å². The number of nitrogens with zero attached hydrogens (tertiary/aromatic N) is 1. The largest absolute Gasteiger partial charge is 0.481 e. The molecule has 0 aromatic heterocycles. The maximum Gasteiger partial charge on any atom is 0.310 e. The normalized spacial score (nSPS) is 17.2. The van der Waals surface area contributed by atoms with Crippen molar-refractivity contribution in [1.82, 2.24) is 4.90 Å². The molecule has 0 aromatic carbocycles. The molecular weight excluding hydrogens is 194 g/mol. The lowest BCUT2D eigenvalue weighted by Crippen LogP contribution is -2.31. The summed E-state index contributed by atoms with van der Waals surface area (Å²) >= 11 is 0. The molecule has 1 aliphatic rings. The molecule has 86 valence electrons. The molecule has 0 aliphatic heterocycles. The van der Waals surface area contributed by atoms with Gasteiger partial charge in [0, 0.05) is 20.0 Å². The fourth-order valence-corrected chi connectivity index (χ4v) is 1.56. The predicted octanol–water partition coefficient (Wildman–Crippen LogP) is 1.50. The van der Waals surface area contributed by atoms with Crippen LogP contribution < -0.4 is 0 Å². The molecule has 0 saturated heterocycles. The molecule has 15 heavy (non-hydrogen) atoms. The minimum absolute atomic E-state index is 0.0386. The van der Waals surface area contributed by atoms with Gasteiger partial charge in [-0.15, -0.1) is 0 Å². The monoisotopic (exact) mass is 213 g/mol. The van der Waals surface area contributed by atoms with Crippen molar-refractivity contribution in [2.24, 2.45) is 5.41 Å². The van der Waals surface area contributed by atoms with Crippen LogP contribution in [0.3, 0.4) is 0 Å². The van der Waals surface area contributed by atoms with Crippen LogP contribution >= 0.6 is 0 Å². The fourth-order valence-electron chi connectivity index (χ4n) is 1.56. The van der Waals surface area contributed by atoms with Crippen molar-refractivity contribution in [2.45, 2.75) is 39.0 Å². The molecular formula is C11H19NO3. The van der Waals surface area contributed by atoms with Crippen molar-refractivity contribution in [1.29, 1.82) is 0 Å². The average molecular weight is 213 g/mol. The molecule has 4 nitrogen and oxygen atoms in total. The lowest BCUT2D eigenvalue weighted by Gasteiger charge is -2.18. The second kappa shape index (κ2) is 4.64. The van der Waals surface area contributed by atoms with Gasteiger partial charge in [0.1, 0.15) is 0 Å². The Kier molecular flexibility index (Phi) is 3.72. The third kappa shape index (κ3) is 2.94. The highest BCUT2D eigenvalue weighted by atomic mass is 16.4. The summed E-state index contributed by atoms with van der Waals surface area (Å²) in [5.41, 5.74) is -0.725. The second-order valence-corrected chi connectivity index (χ2v) is 4.43. The van der Waals surface area contributed by atoms with Gasteiger partial charge >= 0.3 is 5.97 Å². The number of hydrogen-bond acceptors (Lipinski definition) is 2. The van der Waals surface area contributed by atoms with Gasteiger partial charge in [0.05, 0.1) is 5.41 Å². The van der Waals surface area contributed by atoms with Crippen molar-refractivity contribution in [3.8, 4) is 0 Å². The van der Waals surface area contributed by atoms with E-state index in [1.807, 2.05) is 0 Å². The molecule has 1 N–H and O–H groups in total. The van der Waals surface area contributed by atoms with E-state index in [2.05, 4.69) is 6.92 Å². The fraction of sp³-hybridized carbons (Fsp3) is 0.818. The molecule has 1 fully saturated rings. The molecule has 1 rings (SSSR count). The van der Waals surface area contributed by atoms with Gasteiger partial charge in [0.25, 0.3) is 0 Å². The van der Waals surface area contributed by atoms with Crippen LogP contribution in [-0.4, -0.2) is 35.5 Å². The van der Waals surface area contributed by atoms with E-state index in [1.165, 1.54) is 0 Å². The van der Waals surface area contributed by atoms with Crippen molar-refractivity contribution in [3.05, 3.63) is 0 Å². The van der Waals surface area contributed by atoms with Gasteiger partial charge in [0.15, 0.2) is 0 Å². The Labute approximate surface area is 90.3 Å². The summed E-state index contributed by atoms with van der Waals surface area (Å²) in [6.45, 7) is 2.79. The summed E-state index contributed by atoms with van der Waals surface area (Å²) in [7, 11) is 1.75. The van der Waals surface area contributed by atoms with Crippen molar-refractivity contribution in [3.63, 3.8) is 0 Å². The minimum atomic E-state index is -0.820. The third-order valence-corrected chi connectivity index (χ3v) is 3.07. The first kappa shape index (κ1) is 12.0. The Bertz CT molecular complexity index is 259. The zero-order valence-electron chi connectivity index (χ0n) is 9.45. The smallest absolute Gasteiger partial charge is 0.310 e. The number of carbonyl (C=O) groups excluding carboxylic acids is 1. The Balaban J connectivity index is 2.38. The van der Waals surface area contributed by atoms with E-state index < -0.39 is 11.4 Å². The molecule has 0 unspecified atom stereocenters. The van der Waals surface area contributed by atoms with Crippen LogP contribution in [0.25, 0.3) is 0 Å². The van der Waals surface area contributed by atoms with Crippen molar-refractivity contribution in [2.75, 3.05) is 13.6 Å².